The number of methoxy groups -OCH3 is 1. The molecule has 2 rings (SSSR count). The third-order valence-corrected chi connectivity index (χ3v) is 3.29. The Balaban J connectivity index is 2.11. The monoisotopic (exact) mass is 270 g/mol. The Kier molecular flexibility index (Phi) is 5.16. The van der Waals surface area contributed by atoms with Crippen molar-refractivity contribution in [1.82, 2.24) is 0 Å². The molecule has 3 N–H and O–H groups in total. The summed E-state index contributed by atoms with van der Waals surface area (Å²) < 4.78 is 5.12. The fraction of sp³-hybridized carbons (Fsp3) is 0.294. The van der Waals surface area contributed by atoms with Gasteiger partial charge in [-0.05, 0) is 35.7 Å². The predicted octanol–water partition coefficient (Wildman–Crippen LogP) is 3.25. The van der Waals surface area contributed by atoms with Crippen LogP contribution >= 0.6 is 0 Å². The van der Waals surface area contributed by atoms with Crippen LogP contribution in [0.25, 0.3) is 0 Å². The van der Waals surface area contributed by atoms with E-state index in [1.54, 1.807) is 7.11 Å². The highest BCUT2D eigenvalue weighted by Crippen LogP contribution is 2.20. The fourth-order valence-electron chi connectivity index (χ4n) is 2.23. The van der Waals surface area contributed by atoms with Gasteiger partial charge in [0, 0.05) is 19.3 Å². The maximum Gasteiger partial charge on any atom is 0.0713 e. The van der Waals surface area contributed by atoms with Gasteiger partial charge in [0.15, 0.2) is 0 Å². The van der Waals surface area contributed by atoms with Crippen molar-refractivity contribution in [3.63, 3.8) is 0 Å². The second-order valence-electron chi connectivity index (χ2n) is 4.98. The minimum absolute atomic E-state index is 0.119. The quantitative estimate of drug-likeness (QED) is 0.847. The number of aryl methyl sites for hydroxylation is 1. The molecule has 0 radical (unpaired) electrons. The lowest BCUT2D eigenvalue weighted by atomic mass is 10.0. The molecule has 0 bridgehead atoms. The molecule has 0 fully saturated rings. The standard InChI is InChI=1S/C17H22N2O/c1-13-4-3-5-16(10-13)19-17(11-18)15-8-6-14(7-9-15)12-20-2/h3-10,17,19H,11-12,18H2,1-2H3. The summed E-state index contributed by atoms with van der Waals surface area (Å²) in [4.78, 5) is 0. The topological polar surface area (TPSA) is 47.3 Å². The minimum atomic E-state index is 0.119. The largest absolute Gasteiger partial charge is 0.380 e. The molecule has 3 heteroatoms. The summed E-state index contributed by atoms with van der Waals surface area (Å²) in [5.74, 6) is 0. The Bertz CT molecular complexity index is 537. The summed E-state index contributed by atoms with van der Waals surface area (Å²) in [6.45, 7) is 3.28. The summed E-state index contributed by atoms with van der Waals surface area (Å²) in [5, 5.41) is 3.48. The molecule has 106 valence electrons. The molecule has 1 unspecified atom stereocenters. The smallest absolute Gasteiger partial charge is 0.0713 e. The van der Waals surface area contributed by atoms with Gasteiger partial charge < -0.3 is 15.8 Å². The minimum Gasteiger partial charge on any atom is -0.380 e. The van der Waals surface area contributed by atoms with Crippen molar-refractivity contribution < 1.29 is 4.74 Å². The lowest BCUT2D eigenvalue weighted by Crippen LogP contribution is -2.20. The summed E-state index contributed by atoms with van der Waals surface area (Å²) in [7, 11) is 1.70. The Labute approximate surface area is 120 Å². The summed E-state index contributed by atoms with van der Waals surface area (Å²) in [6, 6.07) is 16.8. The van der Waals surface area contributed by atoms with Gasteiger partial charge in [0.1, 0.15) is 0 Å². The van der Waals surface area contributed by atoms with Gasteiger partial charge in [0.05, 0.1) is 12.6 Å². The van der Waals surface area contributed by atoms with E-state index in [1.807, 2.05) is 6.07 Å². The van der Waals surface area contributed by atoms with E-state index < -0.39 is 0 Å². The van der Waals surface area contributed by atoms with Gasteiger partial charge in [-0.1, -0.05) is 36.4 Å². The molecule has 2 aromatic carbocycles. The van der Waals surface area contributed by atoms with Crippen LogP contribution in [-0.2, 0) is 11.3 Å². The first-order chi connectivity index (χ1) is 9.72. The van der Waals surface area contributed by atoms with Crippen molar-refractivity contribution in [1.29, 1.82) is 0 Å². The van der Waals surface area contributed by atoms with Crippen molar-refractivity contribution in [3.8, 4) is 0 Å². The van der Waals surface area contributed by atoms with Gasteiger partial charge in [-0.25, -0.2) is 0 Å². The zero-order valence-corrected chi connectivity index (χ0v) is 12.1. The average Bonchev–Trinajstić information content (AvgIpc) is 2.46. The number of hydrogen-bond acceptors (Lipinski definition) is 3. The molecule has 2 aromatic rings. The SMILES string of the molecule is COCc1ccc(C(CN)Nc2cccc(C)c2)cc1. The van der Waals surface area contributed by atoms with Gasteiger partial charge in [-0.15, -0.1) is 0 Å². The molecule has 0 saturated heterocycles. The third-order valence-electron chi connectivity index (χ3n) is 3.29. The van der Waals surface area contributed by atoms with Crippen LogP contribution in [0.15, 0.2) is 48.5 Å². The first-order valence-electron chi connectivity index (χ1n) is 6.84. The van der Waals surface area contributed by atoms with Crippen molar-refractivity contribution >= 4 is 5.69 Å². The zero-order chi connectivity index (χ0) is 14.4. The van der Waals surface area contributed by atoms with Gasteiger partial charge in [0.2, 0.25) is 0 Å². The Morgan fingerprint density at radius 3 is 2.50 bits per heavy atom. The average molecular weight is 270 g/mol. The number of ether oxygens (including phenoxy) is 1. The predicted molar refractivity (Wildman–Crippen MR) is 83.8 cm³/mol. The van der Waals surface area contributed by atoms with Crippen molar-refractivity contribution in [2.24, 2.45) is 5.73 Å². The summed E-state index contributed by atoms with van der Waals surface area (Å²) in [5.41, 5.74) is 10.6. The molecule has 3 nitrogen and oxygen atoms in total. The highest BCUT2D eigenvalue weighted by Gasteiger charge is 2.09. The van der Waals surface area contributed by atoms with Gasteiger partial charge in [-0.2, -0.15) is 0 Å². The van der Waals surface area contributed by atoms with E-state index in [9.17, 15) is 0 Å². The van der Waals surface area contributed by atoms with Crippen LogP contribution in [0.1, 0.15) is 22.7 Å². The fourth-order valence-corrected chi connectivity index (χ4v) is 2.23. The molecule has 0 saturated carbocycles. The zero-order valence-electron chi connectivity index (χ0n) is 12.1. The number of anilines is 1. The van der Waals surface area contributed by atoms with Gasteiger partial charge in [-0.3, -0.25) is 0 Å². The first-order valence-corrected chi connectivity index (χ1v) is 6.84. The molecule has 0 amide bonds. The number of nitrogens with two attached hydrogens (primary N) is 1. The van der Waals surface area contributed by atoms with Crippen molar-refractivity contribution in [2.45, 2.75) is 19.6 Å². The highest BCUT2D eigenvalue weighted by atomic mass is 16.5. The summed E-state index contributed by atoms with van der Waals surface area (Å²) in [6.07, 6.45) is 0. The number of hydrogen-bond donors (Lipinski definition) is 2. The van der Waals surface area contributed by atoms with Crippen molar-refractivity contribution in [3.05, 3.63) is 65.2 Å². The van der Waals surface area contributed by atoms with Crippen LogP contribution in [0.5, 0.6) is 0 Å². The second-order valence-corrected chi connectivity index (χ2v) is 4.98. The van der Waals surface area contributed by atoms with E-state index in [2.05, 4.69) is 54.7 Å². The maximum atomic E-state index is 5.90. The normalized spacial score (nSPS) is 12.2. The molecular weight excluding hydrogens is 248 g/mol. The number of benzene rings is 2. The van der Waals surface area contributed by atoms with Crippen LogP contribution in [0.3, 0.4) is 0 Å². The molecule has 0 heterocycles. The molecule has 1 atom stereocenters. The molecule has 0 aliphatic heterocycles. The number of rotatable bonds is 6. The Morgan fingerprint density at radius 1 is 1.15 bits per heavy atom. The van der Waals surface area contributed by atoms with E-state index >= 15 is 0 Å². The van der Waals surface area contributed by atoms with E-state index in [1.165, 1.54) is 16.7 Å². The summed E-state index contributed by atoms with van der Waals surface area (Å²) >= 11 is 0. The third kappa shape index (κ3) is 3.83. The number of nitrogens with one attached hydrogen (secondary N) is 1. The molecular formula is C17H22N2O. The van der Waals surface area contributed by atoms with Crippen LogP contribution in [0, 0.1) is 6.92 Å². The Morgan fingerprint density at radius 2 is 1.90 bits per heavy atom. The van der Waals surface area contributed by atoms with Crippen LogP contribution < -0.4 is 11.1 Å². The van der Waals surface area contributed by atoms with Crippen LogP contribution in [-0.4, -0.2) is 13.7 Å². The molecule has 0 aromatic heterocycles. The first kappa shape index (κ1) is 14.6. The van der Waals surface area contributed by atoms with Gasteiger partial charge in [0.25, 0.3) is 0 Å². The molecule has 0 spiro atoms. The maximum absolute atomic E-state index is 5.90. The molecule has 0 aliphatic carbocycles. The van der Waals surface area contributed by atoms with Crippen LogP contribution in [0.2, 0.25) is 0 Å². The highest BCUT2D eigenvalue weighted by molar-refractivity contribution is 5.47. The van der Waals surface area contributed by atoms with Crippen molar-refractivity contribution in [2.75, 3.05) is 19.0 Å². The lowest BCUT2D eigenvalue weighted by Gasteiger charge is -2.19. The molecule has 20 heavy (non-hydrogen) atoms. The van der Waals surface area contributed by atoms with Gasteiger partial charge >= 0.3 is 0 Å². The second kappa shape index (κ2) is 7.08. The van der Waals surface area contributed by atoms with E-state index in [-0.39, 0.29) is 6.04 Å². The van der Waals surface area contributed by atoms with E-state index in [0.29, 0.717) is 13.2 Å². The lowest BCUT2D eigenvalue weighted by molar-refractivity contribution is 0.185. The van der Waals surface area contributed by atoms with Crippen LogP contribution in [0.4, 0.5) is 5.69 Å². The van der Waals surface area contributed by atoms with E-state index in [4.69, 9.17) is 10.5 Å². The van der Waals surface area contributed by atoms with E-state index in [0.717, 1.165) is 5.69 Å². The molecule has 0 aliphatic rings. The Hall–Kier alpha value is -1.84.